The summed E-state index contributed by atoms with van der Waals surface area (Å²) in [5, 5.41) is 9.99. The van der Waals surface area contributed by atoms with Gasteiger partial charge in [-0.3, -0.25) is 4.90 Å². The Morgan fingerprint density at radius 1 is 1.33 bits per heavy atom. The molecule has 1 fully saturated rings. The van der Waals surface area contributed by atoms with Gasteiger partial charge < -0.3 is 5.11 Å². The van der Waals surface area contributed by atoms with Crippen LogP contribution in [-0.2, 0) is 0 Å². The first kappa shape index (κ1) is 10.7. The van der Waals surface area contributed by atoms with Gasteiger partial charge >= 0.3 is 0 Å². The molecular weight excluding hydrogens is 186 g/mol. The van der Waals surface area contributed by atoms with E-state index >= 15 is 0 Å². The molecule has 2 rings (SSSR count). The minimum absolute atomic E-state index is 0.338. The van der Waals surface area contributed by atoms with Crippen LogP contribution in [0.4, 0.5) is 0 Å². The third-order valence-corrected chi connectivity index (χ3v) is 3.12. The molecule has 82 valence electrons. The van der Waals surface area contributed by atoms with Crippen LogP contribution in [0.3, 0.4) is 0 Å². The van der Waals surface area contributed by atoms with E-state index < -0.39 is 0 Å². The second-order valence-electron chi connectivity index (χ2n) is 4.69. The first-order chi connectivity index (χ1) is 7.18. The number of benzene rings is 1. The van der Waals surface area contributed by atoms with Crippen LogP contribution in [0.5, 0.6) is 0 Å². The summed E-state index contributed by atoms with van der Waals surface area (Å²) in [4.78, 5) is 2.34. The largest absolute Gasteiger partial charge is 0.387 e. The lowest BCUT2D eigenvalue weighted by Crippen LogP contribution is -2.15. The molecule has 1 heterocycles. The van der Waals surface area contributed by atoms with Gasteiger partial charge in [0.05, 0.1) is 6.10 Å². The summed E-state index contributed by atoms with van der Waals surface area (Å²) in [7, 11) is 0. The average Bonchev–Trinajstić information content (AvgIpc) is 2.98. The molecule has 1 aromatic rings. The highest BCUT2D eigenvalue weighted by Crippen LogP contribution is 2.27. The predicted octanol–water partition coefficient (Wildman–Crippen LogP) is 2.06. The molecule has 1 aliphatic heterocycles. The Balaban J connectivity index is 1.87. The van der Waals surface area contributed by atoms with Gasteiger partial charge in [-0.1, -0.05) is 44.2 Å². The van der Waals surface area contributed by atoms with Gasteiger partial charge in [-0.2, -0.15) is 0 Å². The van der Waals surface area contributed by atoms with Crippen molar-refractivity contribution in [3.8, 4) is 0 Å². The smallest absolute Gasteiger partial charge is 0.0917 e. The van der Waals surface area contributed by atoms with Crippen molar-refractivity contribution in [2.75, 3.05) is 13.1 Å². The normalized spacial score (nSPS) is 26.7. The van der Waals surface area contributed by atoms with Gasteiger partial charge in [0, 0.05) is 19.1 Å². The van der Waals surface area contributed by atoms with Crippen LogP contribution in [0.1, 0.15) is 25.5 Å². The van der Waals surface area contributed by atoms with E-state index in [1.165, 1.54) is 0 Å². The Hall–Kier alpha value is -0.860. The van der Waals surface area contributed by atoms with E-state index in [1.807, 2.05) is 30.3 Å². The summed E-state index contributed by atoms with van der Waals surface area (Å²) in [5.41, 5.74) is 1.02. The van der Waals surface area contributed by atoms with E-state index in [0.29, 0.717) is 12.0 Å². The van der Waals surface area contributed by atoms with Crippen molar-refractivity contribution in [3.63, 3.8) is 0 Å². The minimum atomic E-state index is -0.338. The fourth-order valence-electron chi connectivity index (χ4n) is 2.04. The zero-order valence-electron chi connectivity index (χ0n) is 9.43. The van der Waals surface area contributed by atoms with Gasteiger partial charge in [0.2, 0.25) is 0 Å². The quantitative estimate of drug-likeness (QED) is 0.760. The van der Waals surface area contributed by atoms with Crippen LogP contribution >= 0.6 is 0 Å². The maximum Gasteiger partial charge on any atom is 0.0917 e. The van der Waals surface area contributed by atoms with Crippen LogP contribution in [0, 0.1) is 5.92 Å². The lowest BCUT2D eigenvalue weighted by Gasteiger charge is -2.13. The molecule has 15 heavy (non-hydrogen) atoms. The lowest BCUT2D eigenvalue weighted by molar-refractivity contribution is 0.150. The topological polar surface area (TPSA) is 23.2 Å². The number of aliphatic hydroxyl groups is 1. The first-order valence-electron chi connectivity index (χ1n) is 5.65. The molecule has 0 saturated carbocycles. The van der Waals surface area contributed by atoms with Crippen molar-refractivity contribution in [2.45, 2.75) is 26.0 Å². The van der Waals surface area contributed by atoms with Gasteiger partial charge in [0.1, 0.15) is 0 Å². The maximum absolute atomic E-state index is 9.99. The van der Waals surface area contributed by atoms with Crippen LogP contribution in [0.15, 0.2) is 30.3 Å². The Bertz CT molecular complexity index is 310. The molecule has 1 aromatic carbocycles. The summed E-state index contributed by atoms with van der Waals surface area (Å²) in [6.45, 7) is 6.38. The SMILES string of the molecule is CC(C)[C@H]1CN1C[C@@H](O)c1ccccc1. The van der Waals surface area contributed by atoms with Gasteiger partial charge in [-0.15, -0.1) is 0 Å². The van der Waals surface area contributed by atoms with E-state index in [0.717, 1.165) is 18.7 Å². The molecule has 0 spiro atoms. The van der Waals surface area contributed by atoms with Crippen LogP contribution in [0.2, 0.25) is 0 Å². The fraction of sp³-hybridized carbons (Fsp3) is 0.538. The zero-order chi connectivity index (χ0) is 10.8. The number of β-amino-alcohol motifs (C(OH)–C–C–N with tert-alkyl or cyclic N) is 1. The highest BCUT2D eigenvalue weighted by atomic mass is 16.3. The summed E-state index contributed by atoms with van der Waals surface area (Å²) in [6.07, 6.45) is -0.338. The van der Waals surface area contributed by atoms with E-state index in [1.54, 1.807) is 0 Å². The highest BCUT2D eigenvalue weighted by Gasteiger charge is 2.37. The zero-order valence-corrected chi connectivity index (χ0v) is 9.43. The van der Waals surface area contributed by atoms with E-state index in [9.17, 15) is 5.11 Å². The van der Waals surface area contributed by atoms with Crippen LogP contribution in [0.25, 0.3) is 0 Å². The molecule has 1 aliphatic rings. The number of aliphatic hydroxyl groups excluding tert-OH is 1. The monoisotopic (exact) mass is 205 g/mol. The lowest BCUT2D eigenvalue weighted by atomic mass is 10.1. The predicted molar refractivity (Wildman–Crippen MR) is 61.6 cm³/mol. The first-order valence-corrected chi connectivity index (χ1v) is 5.65. The van der Waals surface area contributed by atoms with Gasteiger partial charge in [-0.25, -0.2) is 0 Å². The summed E-state index contributed by atoms with van der Waals surface area (Å²) < 4.78 is 0. The van der Waals surface area contributed by atoms with Crippen LogP contribution in [-0.4, -0.2) is 29.1 Å². The standard InChI is InChI=1S/C13H19NO/c1-10(2)12-8-14(12)9-13(15)11-6-4-3-5-7-11/h3-7,10,12-13,15H,8-9H2,1-2H3/t12-,13-,14?/m1/s1. The van der Waals surface area contributed by atoms with Crippen molar-refractivity contribution in [3.05, 3.63) is 35.9 Å². The molecule has 3 atom stereocenters. The Kier molecular flexibility index (Phi) is 3.08. The summed E-state index contributed by atoms with van der Waals surface area (Å²) >= 11 is 0. The Labute approximate surface area is 91.5 Å². The second kappa shape index (κ2) is 4.33. The second-order valence-corrected chi connectivity index (χ2v) is 4.69. The number of hydrogen-bond acceptors (Lipinski definition) is 2. The molecule has 1 saturated heterocycles. The Morgan fingerprint density at radius 2 is 2.00 bits per heavy atom. The van der Waals surface area contributed by atoms with Crippen molar-refractivity contribution in [1.82, 2.24) is 4.90 Å². The van der Waals surface area contributed by atoms with Crippen molar-refractivity contribution < 1.29 is 5.11 Å². The molecule has 1 unspecified atom stereocenters. The molecule has 0 radical (unpaired) electrons. The summed E-state index contributed by atoms with van der Waals surface area (Å²) in [5.74, 6) is 0.702. The number of rotatable bonds is 4. The number of nitrogens with zero attached hydrogens (tertiary/aromatic N) is 1. The summed E-state index contributed by atoms with van der Waals surface area (Å²) in [6, 6.07) is 10.6. The molecule has 1 N–H and O–H groups in total. The van der Waals surface area contributed by atoms with E-state index in [2.05, 4.69) is 18.7 Å². The average molecular weight is 205 g/mol. The molecule has 0 aromatic heterocycles. The minimum Gasteiger partial charge on any atom is -0.387 e. The number of hydrogen-bond donors (Lipinski definition) is 1. The van der Waals surface area contributed by atoms with Crippen molar-refractivity contribution in [1.29, 1.82) is 0 Å². The third-order valence-electron chi connectivity index (χ3n) is 3.12. The molecule has 0 bridgehead atoms. The fourth-order valence-corrected chi connectivity index (χ4v) is 2.04. The van der Waals surface area contributed by atoms with E-state index in [4.69, 9.17) is 0 Å². The maximum atomic E-state index is 9.99. The van der Waals surface area contributed by atoms with Gasteiger partial charge in [-0.05, 0) is 11.5 Å². The molecule has 2 heteroatoms. The third kappa shape index (κ3) is 2.58. The van der Waals surface area contributed by atoms with Gasteiger partial charge in [0.25, 0.3) is 0 Å². The molecular formula is C13H19NO. The molecule has 2 nitrogen and oxygen atoms in total. The van der Waals surface area contributed by atoms with Crippen molar-refractivity contribution in [2.24, 2.45) is 5.92 Å². The van der Waals surface area contributed by atoms with Crippen LogP contribution < -0.4 is 0 Å². The Morgan fingerprint density at radius 3 is 2.53 bits per heavy atom. The van der Waals surface area contributed by atoms with Crippen molar-refractivity contribution >= 4 is 0 Å². The molecule has 0 aliphatic carbocycles. The van der Waals surface area contributed by atoms with E-state index in [-0.39, 0.29) is 6.10 Å². The highest BCUT2D eigenvalue weighted by molar-refractivity contribution is 5.18. The molecule has 0 amide bonds. The van der Waals surface area contributed by atoms with Gasteiger partial charge in [0.15, 0.2) is 0 Å².